The van der Waals surface area contributed by atoms with E-state index in [1.165, 1.54) is 23.5 Å². The average molecular weight is 457 g/mol. The minimum Gasteiger partial charge on any atom is -0.379 e. The molecule has 0 bridgehead atoms. The van der Waals surface area contributed by atoms with Crippen molar-refractivity contribution in [3.05, 3.63) is 52.3 Å². The third kappa shape index (κ3) is 4.58. The topological polar surface area (TPSA) is 50.6 Å². The number of benzene rings is 1. The molecule has 1 amide bonds. The number of halogens is 1. The first-order chi connectivity index (χ1) is 15.6. The Hall–Kier alpha value is -2.29. The van der Waals surface area contributed by atoms with Crippen molar-refractivity contribution in [3.63, 3.8) is 0 Å². The number of ether oxygens (including phenoxy) is 1. The van der Waals surface area contributed by atoms with E-state index in [0.29, 0.717) is 12.5 Å². The number of piperidine rings is 1. The summed E-state index contributed by atoms with van der Waals surface area (Å²) >= 11 is 1.51. The van der Waals surface area contributed by atoms with E-state index in [9.17, 15) is 9.18 Å². The van der Waals surface area contributed by atoms with E-state index in [1.807, 2.05) is 22.6 Å². The zero-order chi connectivity index (χ0) is 22.1. The van der Waals surface area contributed by atoms with Gasteiger partial charge in [-0.05, 0) is 49.4 Å². The lowest BCUT2D eigenvalue weighted by Crippen LogP contribution is -2.44. The molecule has 2 saturated heterocycles. The Balaban J connectivity index is 1.24. The van der Waals surface area contributed by atoms with Gasteiger partial charge in [-0.25, -0.2) is 4.39 Å². The van der Waals surface area contributed by atoms with E-state index < -0.39 is 0 Å². The maximum Gasteiger partial charge on any atom is 0.264 e. The molecule has 5 rings (SSSR count). The molecule has 3 aromatic rings. The van der Waals surface area contributed by atoms with Gasteiger partial charge < -0.3 is 9.64 Å². The third-order valence-electron chi connectivity index (χ3n) is 6.59. The maximum absolute atomic E-state index is 13.2. The van der Waals surface area contributed by atoms with Gasteiger partial charge in [-0.1, -0.05) is 12.1 Å². The molecule has 0 aliphatic carbocycles. The highest BCUT2D eigenvalue weighted by atomic mass is 32.1. The first-order valence-electron chi connectivity index (χ1n) is 11.4. The van der Waals surface area contributed by atoms with Gasteiger partial charge in [-0.2, -0.15) is 5.10 Å². The fourth-order valence-electron chi connectivity index (χ4n) is 4.71. The van der Waals surface area contributed by atoms with Crippen LogP contribution in [0, 0.1) is 18.7 Å². The molecule has 2 aliphatic rings. The molecular formula is C24H29FN4O2S. The first-order valence-corrected chi connectivity index (χ1v) is 12.2. The van der Waals surface area contributed by atoms with Gasteiger partial charge in [-0.15, -0.1) is 11.3 Å². The number of hydrogen-bond donors (Lipinski definition) is 0. The summed E-state index contributed by atoms with van der Waals surface area (Å²) in [6, 6.07) is 8.48. The van der Waals surface area contributed by atoms with Crippen LogP contribution in [0.4, 0.5) is 4.39 Å². The zero-order valence-corrected chi connectivity index (χ0v) is 19.2. The third-order valence-corrected chi connectivity index (χ3v) is 7.72. The minimum atomic E-state index is -0.242. The number of rotatable bonds is 5. The van der Waals surface area contributed by atoms with Crippen molar-refractivity contribution in [2.24, 2.45) is 5.92 Å². The van der Waals surface area contributed by atoms with Crippen LogP contribution in [0.1, 0.15) is 33.8 Å². The largest absolute Gasteiger partial charge is 0.379 e. The van der Waals surface area contributed by atoms with Crippen LogP contribution in [0.5, 0.6) is 0 Å². The van der Waals surface area contributed by atoms with Crippen molar-refractivity contribution < 1.29 is 13.9 Å². The molecule has 4 heterocycles. The summed E-state index contributed by atoms with van der Waals surface area (Å²) in [7, 11) is 0. The van der Waals surface area contributed by atoms with Gasteiger partial charge in [0, 0.05) is 38.1 Å². The number of nitrogens with zero attached hydrogens (tertiary/aromatic N) is 4. The average Bonchev–Trinajstić information content (AvgIpc) is 3.37. The molecule has 8 heteroatoms. The molecule has 1 aromatic carbocycles. The second-order valence-corrected chi connectivity index (χ2v) is 9.88. The van der Waals surface area contributed by atoms with Gasteiger partial charge in [0.05, 0.1) is 30.3 Å². The Morgan fingerprint density at radius 3 is 2.59 bits per heavy atom. The number of aryl methyl sites for hydroxylation is 1. The van der Waals surface area contributed by atoms with E-state index in [1.54, 1.807) is 12.1 Å². The molecule has 2 aliphatic heterocycles. The van der Waals surface area contributed by atoms with Crippen molar-refractivity contribution in [3.8, 4) is 0 Å². The van der Waals surface area contributed by atoms with Gasteiger partial charge in [0.2, 0.25) is 0 Å². The molecule has 170 valence electrons. The molecule has 2 aromatic heterocycles. The second-order valence-electron chi connectivity index (χ2n) is 8.85. The van der Waals surface area contributed by atoms with Gasteiger partial charge in [0.25, 0.3) is 5.91 Å². The van der Waals surface area contributed by atoms with Crippen LogP contribution in [0.25, 0.3) is 10.2 Å². The van der Waals surface area contributed by atoms with Crippen LogP contribution in [-0.4, -0.2) is 71.4 Å². The molecular weight excluding hydrogens is 427 g/mol. The number of likely N-dealkylation sites (tertiary alicyclic amines) is 1. The summed E-state index contributed by atoms with van der Waals surface area (Å²) in [6.07, 6.45) is 2.12. The summed E-state index contributed by atoms with van der Waals surface area (Å²) in [5, 5.41) is 5.67. The summed E-state index contributed by atoms with van der Waals surface area (Å²) < 4.78 is 20.6. The standard InChI is InChI=1S/C24H29FN4O2S/c1-17-21-14-22(32-24(21)29(26-17)16-18-2-4-20(25)5-3-18)23(30)28-8-6-19(7-9-28)15-27-10-12-31-13-11-27/h2-5,14,19H,6-13,15-16H2,1H3. The van der Waals surface area contributed by atoms with Crippen molar-refractivity contribution in [2.75, 3.05) is 45.9 Å². The summed E-state index contributed by atoms with van der Waals surface area (Å²) in [6.45, 7) is 9.01. The lowest BCUT2D eigenvalue weighted by Gasteiger charge is -2.35. The van der Waals surface area contributed by atoms with Crippen LogP contribution >= 0.6 is 11.3 Å². The lowest BCUT2D eigenvalue weighted by molar-refractivity contribution is 0.0243. The smallest absolute Gasteiger partial charge is 0.264 e. The molecule has 0 unspecified atom stereocenters. The molecule has 0 spiro atoms. The van der Waals surface area contributed by atoms with E-state index >= 15 is 0 Å². The van der Waals surface area contributed by atoms with Gasteiger partial charge in [0.15, 0.2) is 0 Å². The molecule has 0 saturated carbocycles. The fraction of sp³-hybridized carbons (Fsp3) is 0.500. The zero-order valence-electron chi connectivity index (χ0n) is 18.4. The van der Waals surface area contributed by atoms with E-state index in [0.717, 1.165) is 85.1 Å². The van der Waals surface area contributed by atoms with Gasteiger partial charge in [-0.3, -0.25) is 14.4 Å². The Labute approximate surface area is 191 Å². The summed E-state index contributed by atoms with van der Waals surface area (Å²) in [4.78, 5) is 19.5. The molecule has 0 atom stereocenters. The predicted octanol–water partition coefficient (Wildman–Crippen LogP) is 3.78. The fourth-order valence-corrected chi connectivity index (χ4v) is 5.84. The van der Waals surface area contributed by atoms with Gasteiger partial charge in [0.1, 0.15) is 10.6 Å². The number of aromatic nitrogens is 2. The summed E-state index contributed by atoms with van der Waals surface area (Å²) in [5.41, 5.74) is 1.90. The number of morpholine rings is 1. The van der Waals surface area contributed by atoms with Crippen molar-refractivity contribution in [2.45, 2.75) is 26.3 Å². The van der Waals surface area contributed by atoms with E-state index in [4.69, 9.17) is 4.74 Å². The maximum atomic E-state index is 13.2. The molecule has 32 heavy (non-hydrogen) atoms. The number of amides is 1. The van der Waals surface area contributed by atoms with Crippen molar-refractivity contribution >= 4 is 27.5 Å². The highest BCUT2D eigenvalue weighted by Crippen LogP contribution is 2.31. The van der Waals surface area contributed by atoms with Crippen molar-refractivity contribution in [1.82, 2.24) is 19.6 Å². The summed E-state index contributed by atoms with van der Waals surface area (Å²) in [5.74, 6) is 0.545. The molecule has 0 N–H and O–H groups in total. The van der Waals surface area contributed by atoms with Crippen LogP contribution in [-0.2, 0) is 11.3 Å². The Morgan fingerprint density at radius 2 is 1.88 bits per heavy atom. The lowest BCUT2D eigenvalue weighted by atomic mass is 9.96. The number of hydrogen-bond acceptors (Lipinski definition) is 5. The van der Waals surface area contributed by atoms with Crippen LogP contribution < -0.4 is 0 Å². The Bertz CT molecular complexity index is 1080. The number of carbonyl (C=O) groups excluding carboxylic acids is 1. The number of fused-ring (bicyclic) bond motifs is 1. The first kappa shape index (κ1) is 21.6. The van der Waals surface area contributed by atoms with E-state index in [-0.39, 0.29) is 11.7 Å². The van der Waals surface area contributed by atoms with Gasteiger partial charge >= 0.3 is 0 Å². The molecule has 2 fully saturated rings. The number of carbonyl (C=O) groups is 1. The van der Waals surface area contributed by atoms with Crippen molar-refractivity contribution in [1.29, 1.82) is 0 Å². The monoisotopic (exact) mass is 456 g/mol. The number of thiophene rings is 1. The predicted molar refractivity (Wildman–Crippen MR) is 124 cm³/mol. The molecule has 6 nitrogen and oxygen atoms in total. The minimum absolute atomic E-state index is 0.128. The SMILES string of the molecule is Cc1nn(Cc2ccc(F)cc2)c2sc(C(=O)N3CCC(CN4CCOCC4)CC3)cc12. The molecule has 0 radical (unpaired) electrons. The van der Waals surface area contributed by atoms with Crippen LogP contribution in [0.2, 0.25) is 0 Å². The van der Waals surface area contributed by atoms with E-state index in [2.05, 4.69) is 10.00 Å². The second kappa shape index (κ2) is 9.29. The highest BCUT2D eigenvalue weighted by Gasteiger charge is 2.27. The Morgan fingerprint density at radius 1 is 1.16 bits per heavy atom. The van der Waals surface area contributed by atoms with Crippen LogP contribution in [0.3, 0.4) is 0 Å². The normalized spacial score (nSPS) is 18.5. The Kier molecular flexibility index (Phi) is 6.26. The van der Waals surface area contributed by atoms with Crippen LogP contribution in [0.15, 0.2) is 30.3 Å². The highest BCUT2D eigenvalue weighted by molar-refractivity contribution is 7.20. The quantitative estimate of drug-likeness (QED) is 0.586.